The Labute approximate surface area is 356 Å². The topological polar surface area (TPSA) is 46.7 Å². The summed E-state index contributed by atoms with van der Waals surface area (Å²) < 4.78 is 9.59. The van der Waals surface area contributed by atoms with Crippen LogP contribution >= 0.6 is 31.9 Å². The zero-order chi connectivity index (χ0) is 39.9. The molecule has 1 aromatic heterocycles. The van der Waals surface area contributed by atoms with E-state index in [4.69, 9.17) is 3.50 Å². The first-order valence-corrected chi connectivity index (χ1v) is 23.6. The fourth-order valence-corrected chi connectivity index (χ4v) is 10.6. The van der Waals surface area contributed by atoms with Gasteiger partial charge >= 0.3 is 156 Å². The van der Waals surface area contributed by atoms with Gasteiger partial charge in [-0.2, -0.15) is 11.4 Å². The Morgan fingerprint density at radius 2 is 1.20 bits per heavy atom. The summed E-state index contributed by atoms with van der Waals surface area (Å²) >= 11 is 6.81. The van der Waals surface area contributed by atoms with E-state index in [0.29, 0.717) is 17.6 Å². The van der Waals surface area contributed by atoms with Gasteiger partial charge in [-0.1, -0.05) is 41.9 Å². The van der Waals surface area contributed by atoms with Gasteiger partial charge in [-0.15, -0.1) is 0 Å². The number of aryl methyl sites for hydroxylation is 4. The summed E-state index contributed by atoms with van der Waals surface area (Å²) in [6.45, 7) is 19.8. The molecule has 292 valence electrons. The summed E-state index contributed by atoms with van der Waals surface area (Å²) in [5.41, 5.74) is 17.0. The molecule has 1 N–H and O–H groups in total. The normalized spacial score (nSPS) is 13.5. The molecule has 0 saturated carbocycles. The van der Waals surface area contributed by atoms with E-state index in [1.165, 1.54) is 85.9 Å². The first-order chi connectivity index (χ1) is 26.2. The fourth-order valence-electron chi connectivity index (χ4n) is 7.80. The van der Waals surface area contributed by atoms with E-state index >= 15 is 0 Å². The zero-order valence-corrected chi connectivity index (χ0v) is 39.5. The maximum atomic E-state index is 11.0. The summed E-state index contributed by atoms with van der Waals surface area (Å²) in [7, 11) is 0. The van der Waals surface area contributed by atoms with E-state index in [9.17, 15) is 5.11 Å². The molecule has 0 bridgehead atoms. The van der Waals surface area contributed by atoms with Crippen LogP contribution in [-0.4, -0.2) is 9.51 Å². The molecule has 2 aliphatic rings. The van der Waals surface area contributed by atoms with Gasteiger partial charge in [-0.3, -0.25) is 0 Å². The number of hydrogen-bond donors (Lipinski definition) is 1. The number of benzene rings is 4. The van der Waals surface area contributed by atoms with Crippen LogP contribution in [0.4, 0.5) is 5.69 Å². The molecule has 7 rings (SSSR count). The number of halogens is 2. The third-order valence-corrected chi connectivity index (χ3v) is 14.8. The maximum Gasteiger partial charge on any atom is 0.137 e. The third kappa shape index (κ3) is 10.8. The second-order valence-electron chi connectivity index (χ2n) is 16.4. The number of aromatic hydroxyl groups is 1. The number of aromatic nitrogens is 1. The van der Waals surface area contributed by atoms with Crippen molar-refractivity contribution in [3.8, 4) is 16.9 Å². The van der Waals surface area contributed by atoms with Crippen LogP contribution in [-0.2, 0) is 49.0 Å². The summed E-state index contributed by atoms with van der Waals surface area (Å²) in [4.78, 5) is 4.11. The third-order valence-electron chi connectivity index (χ3n) is 10.9. The Hall–Kier alpha value is -2.72. The first kappa shape index (κ1) is 43.4. The van der Waals surface area contributed by atoms with Gasteiger partial charge in [0.15, 0.2) is 0 Å². The molecular weight excluding hydrogens is 888 g/mol. The Morgan fingerprint density at radius 3 is 1.71 bits per heavy atom. The molecular formula is C49H59Br2MoN2O-. The molecule has 0 aliphatic heterocycles. The molecule has 1 heterocycles. The van der Waals surface area contributed by atoms with Crippen molar-refractivity contribution in [2.24, 2.45) is 3.50 Å². The Balaban J connectivity index is 0.000000179. The van der Waals surface area contributed by atoms with Crippen LogP contribution in [0.3, 0.4) is 0 Å². The van der Waals surface area contributed by atoms with Crippen LogP contribution in [0.15, 0.2) is 85.2 Å². The first-order valence-electron chi connectivity index (χ1n) is 20.0. The molecule has 2 aliphatic carbocycles. The van der Waals surface area contributed by atoms with Crippen molar-refractivity contribution >= 4 is 41.9 Å². The van der Waals surface area contributed by atoms with E-state index in [0.717, 1.165) is 47.1 Å². The summed E-state index contributed by atoms with van der Waals surface area (Å²) in [6.07, 6.45) is 9.46. The van der Waals surface area contributed by atoms with Gasteiger partial charge in [0.25, 0.3) is 0 Å². The predicted molar refractivity (Wildman–Crippen MR) is 238 cm³/mol. The smallest absolute Gasteiger partial charge is 0.137 e. The molecule has 0 radical (unpaired) electrons. The minimum absolute atomic E-state index is 0.0811. The average molecular weight is 948 g/mol. The van der Waals surface area contributed by atoms with Crippen molar-refractivity contribution in [1.29, 1.82) is 0 Å². The van der Waals surface area contributed by atoms with Gasteiger partial charge in [-0.05, 0) is 120 Å². The quantitative estimate of drug-likeness (QED) is 0.172. The largest absolute Gasteiger partial charge is 0.665 e. The van der Waals surface area contributed by atoms with Crippen LogP contribution in [0.5, 0.6) is 5.75 Å². The molecule has 0 spiro atoms. The number of phenolic OH excluding ortho intramolecular Hbond substituents is 1. The van der Waals surface area contributed by atoms with Gasteiger partial charge in [0.2, 0.25) is 0 Å². The van der Waals surface area contributed by atoms with Crippen LogP contribution in [0.25, 0.3) is 11.1 Å². The minimum atomic E-state index is -0.553. The molecule has 0 saturated heterocycles. The number of rotatable bonds is 6. The van der Waals surface area contributed by atoms with Crippen molar-refractivity contribution in [2.45, 2.75) is 131 Å². The van der Waals surface area contributed by atoms with Crippen molar-refractivity contribution < 1.29 is 23.0 Å². The Morgan fingerprint density at radius 1 is 0.691 bits per heavy atom. The fraction of sp³-hybridized carbons (Fsp3) is 0.408. The van der Waals surface area contributed by atoms with Crippen molar-refractivity contribution in [2.75, 3.05) is 0 Å². The molecule has 6 heteroatoms. The van der Waals surface area contributed by atoms with E-state index in [1.807, 2.05) is 26.0 Å². The second kappa shape index (κ2) is 19.6. The van der Waals surface area contributed by atoms with Crippen LogP contribution in [0.2, 0.25) is 0 Å². The molecule has 0 fully saturated rings. The zero-order valence-electron chi connectivity index (χ0n) is 34.3. The molecule has 55 heavy (non-hydrogen) atoms. The van der Waals surface area contributed by atoms with E-state index in [2.05, 4.69) is 150 Å². The number of fused-ring (bicyclic) bond motifs is 2. The molecule has 3 nitrogen and oxygen atoms in total. The van der Waals surface area contributed by atoms with Gasteiger partial charge in [-0.25, -0.2) is 0 Å². The van der Waals surface area contributed by atoms with Crippen LogP contribution in [0.1, 0.15) is 135 Å². The van der Waals surface area contributed by atoms with E-state index in [1.54, 1.807) is 0 Å². The minimum Gasteiger partial charge on any atom is -0.665 e. The number of hydrogen-bond acceptors (Lipinski definition) is 2. The maximum absolute atomic E-state index is 11.0. The Kier molecular flexibility index (Phi) is 15.5. The summed E-state index contributed by atoms with van der Waals surface area (Å²) in [5.74, 6) is 1.44. The van der Waals surface area contributed by atoms with Gasteiger partial charge in [0.05, 0.1) is 4.47 Å². The molecule has 4 aromatic carbocycles. The van der Waals surface area contributed by atoms with Crippen molar-refractivity contribution in [3.63, 3.8) is 0 Å². The van der Waals surface area contributed by atoms with E-state index in [-0.39, 0.29) is 5.41 Å². The molecule has 0 atom stereocenters. The number of phenols is 1. The SMILES string of the molecule is CC(C)c1cccc(C(C)C)c1[N]=[Mo]=[CH]C(C)(C)c1ccccc1.Cc1c(Br)cc2c(c1-c1c(O)c(Br)cc3c1CCCC3)CCCC2.Cc1ccc(C)[n-]1. The van der Waals surface area contributed by atoms with Crippen molar-refractivity contribution in [3.05, 3.63) is 138 Å². The average Bonchev–Trinajstić information content (AvgIpc) is 3.55. The van der Waals surface area contributed by atoms with Gasteiger partial charge in [0, 0.05) is 10.0 Å². The molecule has 0 unspecified atom stereocenters. The summed E-state index contributed by atoms with van der Waals surface area (Å²) in [5, 5.41) is 11.0. The Bertz CT molecular complexity index is 2040. The summed E-state index contributed by atoms with van der Waals surface area (Å²) in [6, 6.07) is 25.9. The predicted octanol–water partition coefficient (Wildman–Crippen LogP) is 14.5. The standard InChI is InChI=1S/C21H22Br2O.C12H17N.C10H12.C6H8N.Mo/c1-12-17(22)10-13-6-2-4-8-15(13)19(12)20-16-9-5-3-7-14(16)11-18(23)21(20)24;1-8(2)10-6-5-7-11(9(3)4)12(10)13;1-10(2,3)9-7-5-4-6-8-9;1-5-3-4-6(2)7-5;/h10-11,24H,2-9H2,1H3;5-9H,1-4H3;1,4-8H,2-3H3;3-4H,1-2H3;/q;;;-1;. The van der Waals surface area contributed by atoms with Crippen LogP contribution < -0.4 is 4.98 Å². The second-order valence-corrected chi connectivity index (χ2v) is 19.6. The number of nitrogens with zero attached hydrogens (tertiary/aromatic N) is 2. The molecule has 5 aromatic rings. The molecule has 0 amide bonds. The monoisotopic (exact) mass is 947 g/mol. The van der Waals surface area contributed by atoms with E-state index < -0.39 is 17.9 Å². The van der Waals surface area contributed by atoms with Gasteiger partial charge < -0.3 is 10.1 Å². The van der Waals surface area contributed by atoms with Crippen LogP contribution in [0, 0.1) is 20.8 Å². The van der Waals surface area contributed by atoms with Crippen molar-refractivity contribution in [1.82, 2.24) is 4.98 Å². The van der Waals surface area contributed by atoms with Gasteiger partial charge in [0.1, 0.15) is 5.75 Å².